The Bertz CT molecular complexity index is 828. The second-order valence-electron chi connectivity index (χ2n) is 4.26. The molecule has 2 aromatic rings. The minimum absolute atomic E-state index is 0.0119. The first-order valence-electron chi connectivity index (χ1n) is 5.41. The maximum Gasteiger partial charge on any atom is 0.221 e. The molecule has 3 rings (SSSR count). The normalized spacial score (nSPS) is 13.2. The lowest BCUT2D eigenvalue weighted by atomic mass is 10.1. The van der Waals surface area contributed by atoms with Crippen LogP contribution in [0.2, 0.25) is 0 Å². The Kier molecular flexibility index (Phi) is 2.24. The number of benzene rings is 1. The molecular weight excluding hydrogens is 266 g/mol. The van der Waals surface area contributed by atoms with E-state index < -0.39 is 9.84 Å². The summed E-state index contributed by atoms with van der Waals surface area (Å²) in [5, 5.41) is -0.309. The lowest BCUT2D eigenvalue weighted by Gasteiger charge is -2.05. The second kappa shape index (κ2) is 3.61. The molecule has 0 amide bonds. The molecule has 0 radical (unpaired) electrons. The maximum absolute atomic E-state index is 12.3. The third kappa shape index (κ3) is 1.62. The smallest absolute Gasteiger partial charge is 0.221 e. The topological polar surface area (TPSA) is 103 Å². The van der Waals surface area contributed by atoms with Crippen molar-refractivity contribution >= 4 is 21.6 Å². The van der Waals surface area contributed by atoms with Gasteiger partial charge in [0.05, 0.1) is 11.3 Å². The van der Waals surface area contributed by atoms with Crippen molar-refractivity contribution in [1.29, 1.82) is 0 Å². The Morgan fingerprint density at radius 3 is 2.37 bits per heavy atom. The van der Waals surface area contributed by atoms with Gasteiger partial charge in [0.1, 0.15) is 0 Å². The maximum atomic E-state index is 12.3. The molecule has 0 saturated heterocycles. The van der Waals surface area contributed by atoms with Crippen LogP contribution >= 0.6 is 0 Å². The zero-order valence-electron chi connectivity index (χ0n) is 9.91. The third-order valence-corrected chi connectivity index (χ3v) is 3.90. The van der Waals surface area contributed by atoms with Gasteiger partial charge in [0, 0.05) is 17.4 Å². The Labute approximate surface area is 109 Å². The van der Waals surface area contributed by atoms with Gasteiger partial charge in [-0.15, -0.1) is 0 Å². The van der Waals surface area contributed by atoms with Gasteiger partial charge >= 0.3 is 0 Å². The molecule has 1 aliphatic carbocycles. The fourth-order valence-corrected chi connectivity index (χ4v) is 2.97. The average Bonchev–Trinajstić information content (AvgIpc) is 2.62. The summed E-state index contributed by atoms with van der Waals surface area (Å²) in [6, 6.07) is 6.79. The van der Waals surface area contributed by atoms with Crippen molar-refractivity contribution in [3.05, 3.63) is 35.4 Å². The fraction of sp³-hybridized carbons (Fsp3) is 0.0833. The number of nitrogens with zero attached hydrogens (tertiary/aromatic N) is 2. The van der Waals surface area contributed by atoms with Crippen LogP contribution in [0.4, 0.5) is 5.95 Å². The Hall–Kier alpha value is -2.28. The van der Waals surface area contributed by atoms with E-state index in [-0.39, 0.29) is 28.0 Å². The molecule has 1 aliphatic rings. The van der Waals surface area contributed by atoms with Gasteiger partial charge in [-0.1, -0.05) is 24.3 Å². The van der Waals surface area contributed by atoms with Crippen LogP contribution < -0.4 is 5.73 Å². The predicted molar refractivity (Wildman–Crippen MR) is 68.4 cm³/mol. The van der Waals surface area contributed by atoms with Crippen LogP contribution in [0.25, 0.3) is 11.3 Å². The van der Waals surface area contributed by atoms with Crippen molar-refractivity contribution in [3.8, 4) is 11.3 Å². The van der Waals surface area contributed by atoms with Gasteiger partial charge in [-0.2, -0.15) is 0 Å². The molecule has 0 aliphatic heterocycles. The summed E-state index contributed by atoms with van der Waals surface area (Å²) in [6.45, 7) is 0. The quantitative estimate of drug-likeness (QED) is 0.655. The van der Waals surface area contributed by atoms with Gasteiger partial charge in [-0.05, 0) is 0 Å². The van der Waals surface area contributed by atoms with Crippen LogP contribution in [-0.4, -0.2) is 30.4 Å². The van der Waals surface area contributed by atoms with Crippen LogP contribution in [-0.2, 0) is 9.84 Å². The van der Waals surface area contributed by atoms with Gasteiger partial charge < -0.3 is 5.73 Å². The highest BCUT2D eigenvalue weighted by Crippen LogP contribution is 2.37. The van der Waals surface area contributed by atoms with Crippen LogP contribution in [0.3, 0.4) is 0 Å². The molecule has 0 atom stereocenters. The molecule has 0 spiro atoms. The monoisotopic (exact) mass is 275 g/mol. The van der Waals surface area contributed by atoms with E-state index >= 15 is 0 Å². The van der Waals surface area contributed by atoms with Crippen molar-refractivity contribution in [1.82, 2.24) is 9.97 Å². The number of nitrogen functional groups attached to an aromatic ring is 1. The first-order chi connectivity index (χ1) is 8.89. The Morgan fingerprint density at radius 2 is 1.74 bits per heavy atom. The number of fused-ring (bicyclic) bond motifs is 3. The van der Waals surface area contributed by atoms with Gasteiger partial charge in [0.15, 0.2) is 20.6 Å². The number of aromatic nitrogens is 2. The Balaban J connectivity index is 2.46. The lowest BCUT2D eigenvalue weighted by molar-refractivity contribution is 0.104. The van der Waals surface area contributed by atoms with Crippen molar-refractivity contribution in [2.45, 2.75) is 5.03 Å². The van der Waals surface area contributed by atoms with Crippen LogP contribution in [0, 0.1) is 0 Å². The highest BCUT2D eigenvalue weighted by Gasteiger charge is 2.34. The third-order valence-electron chi connectivity index (χ3n) is 2.90. The number of hydrogen-bond donors (Lipinski definition) is 1. The van der Waals surface area contributed by atoms with Crippen molar-refractivity contribution in [2.24, 2.45) is 0 Å². The molecule has 1 heterocycles. The van der Waals surface area contributed by atoms with Crippen LogP contribution in [0.5, 0.6) is 0 Å². The van der Waals surface area contributed by atoms with E-state index in [1.807, 2.05) is 0 Å². The number of nitrogens with two attached hydrogens (primary N) is 1. The summed E-state index contributed by atoms with van der Waals surface area (Å²) in [4.78, 5) is 20.0. The van der Waals surface area contributed by atoms with Gasteiger partial charge in [0.2, 0.25) is 5.95 Å². The molecular formula is C12H9N3O3S. The zero-order valence-corrected chi connectivity index (χ0v) is 10.7. The lowest BCUT2D eigenvalue weighted by Crippen LogP contribution is -2.12. The molecule has 96 valence electrons. The predicted octanol–water partition coefficient (Wildman–Crippen LogP) is 0.674. The zero-order chi connectivity index (χ0) is 13.8. The molecule has 0 unspecified atom stereocenters. The molecule has 6 nitrogen and oxygen atoms in total. The number of sulfone groups is 1. The van der Waals surface area contributed by atoms with E-state index in [1.165, 1.54) is 0 Å². The highest BCUT2D eigenvalue weighted by molar-refractivity contribution is 7.90. The van der Waals surface area contributed by atoms with Gasteiger partial charge in [0.25, 0.3) is 0 Å². The summed E-state index contributed by atoms with van der Waals surface area (Å²) in [6.07, 6.45) is 0.991. The SMILES string of the molecule is CS(=O)(=O)c1nc(N)nc2c1C(=O)c1ccccc1-2. The number of hydrogen-bond acceptors (Lipinski definition) is 6. The van der Waals surface area contributed by atoms with Crippen molar-refractivity contribution < 1.29 is 13.2 Å². The fourth-order valence-electron chi connectivity index (χ4n) is 2.15. The first-order valence-corrected chi connectivity index (χ1v) is 7.30. The van der Waals surface area contributed by atoms with Crippen molar-refractivity contribution in [3.63, 3.8) is 0 Å². The van der Waals surface area contributed by atoms with Crippen molar-refractivity contribution in [2.75, 3.05) is 12.0 Å². The second-order valence-corrected chi connectivity index (χ2v) is 6.19. The molecule has 2 N–H and O–H groups in total. The molecule has 7 heteroatoms. The highest BCUT2D eigenvalue weighted by atomic mass is 32.2. The average molecular weight is 275 g/mol. The number of carbonyl (C=O) groups is 1. The van der Waals surface area contributed by atoms with E-state index in [9.17, 15) is 13.2 Å². The molecule has 0 fully saturated rings. The van der Waals surface area contributed by atoms with Crippen LogP contribution in [0.1, 0.15) is 15.9 Å². The van der Waals surface area contributed by atoms with E-state index in [0.29, 0.717) is 11.1 Å². The van der Waals surface area contributed by atoms with Gasteiger partial charge in [-0.25, -0.2) is 18.4 Å². The number of rotatable bonds is 1. The Morgan fingerprint density at radius 1 is 1.11 bits per heavy atom. The van der Waals surface area contributed by atoms with E-state index in [1.54, 1.807) is 24.3 Å². The number of anilines is 1. The molecule has 0 saturated carbocycles. The van der Waals surface area contributed by atoms with Gasteiger partial charge in [-0.3, -0.25) is 4.79 Å². The summed E-state index contributed by atoms with van der Waals surface area (Å²) in [5.41, 5.74) is 6.83. The molecule has 19 heavy (non-hydrogen) atoms. The van der Waals surface area contributed by atoms with E-state index in [4.69, 9.17) is 5.73 Å². The minimum atomic E-state index is -3.65. The summed E-state index contributed by atoms with van der Waals surface area (Å²) in [5.74, 6) is -0.547. The minimum Gasteiger partial charge on any atom is -0.368 e. The van der Waals surface area contributed by atoms with E-state index in [0.717, 1.165) is 6.26 Å². The number of carbonyl (C=O) groups excluding carboxylic acids is 1. The summed E-state index contributed by atoms with van der Waals surface area (Å²) >= 11 is 0. The van der Waals surface area contributed by atoms with E-state index in [2.05, 4.69) is 9.97 Å². The first kappa shape index (κ1) is 11.8. The molecule has 1 aromatic heterocycles. The standard InChI is InChI=1S/C12H9N3O3S/c1-19(17,18)11-8-9(14-12(13)15-11)6-4-2-3-5-7(6)10(8)16/h2-5H,1H3,(H2,13,14,15). The molecule has 1 aromatic carbocycles. The summed E-state index contributed by atoms with van der Waals surface area (Å²) in [7, 11) is -3.65. The number of ketones is 1. The van der Waals surface area contributed by atoms with Crippen LogP contribution in [0.15, 0.2) is 29.3 Å². The largest absolute Gasteiger partial charge is 0.368 e. The molecule has 0 bridgehead atoms. The summed E-state index contributed by atoms with van der Waals surface area (Å²) < 4.78 is 23.5.